The zero-order chi connectivity index (χ0) is 18.6. The molecule has 2 rings (SSSR count). The lowest BCUT2D eigenvalue weighted by molar-refractivity contribution is -0.119. The van der Waals surface area contributed by atoms with Crippen molar-refractivity contribution in [2.45, 2.75) is 19.8 Å². The molecule has 6 nitrogen and oxygen atoms in total. The van der Waals surface area contributed by atoms with Gasteiger partial charge in [-0.25, -0.2) is 0 Å². The average molecular weight is 332 g/mol. The molecule has 0 bridgehead atoms. The lowest BCUT2D eigenvalue weighted by atomic mass is 9.70. The van der Waals surface area contributed by atoms with Gasteiger partial charge in [0.05, 0.1) is 30.7 Å². The van der Waals surface area contributed by atoms with Crippen LogP contribution in [0.4, 0.5) is 0 Å². The summed E-state index contributed by atoms with van der Waals surface area (Å²) in [6.07, 6.45) is 0. The number of carbonyl (C=O) groups is 1. The van der Waals surface area contributed by atoms with Crippen molar-refractivity contribution in [3.8, 4) is 24.0 Å². The standard InChI is InChI=1S/C19H16N4O2/c1-11-17(12(2)24)18(13-4-6-15(25-3)7-5-13)16(10-22)19(23-11)14(8-20)9-21/h4-7,16-18H,1-3H3/t16-,17-,18+/m0/s1. The fourth-order valence-corrected chi connectivity index (χ4v) is 3.20. The van der Waals surface area contributed by atoms with Gasteiger partial charge in [-0.05, 0) is 31.5 Å². The van der Waals surface area contributed by atoms with Gasteiger partial charge in [-0.15, -0.1) is 0 Å². The normalized spacial score (nSPS) is 22.0. The van der Waals surface area contributed by atoms with Crippen LogP contribution in [0.25, 0.3) is 0 Å². The molecule has 0 fully saturated rings. The Labute approximate surface area is 146 Å². The topological polar surface area (TPSA) is 110 Å². The highest BCUT2D eigenvalue weighted by Gasteiger charge is 2.42. The molecule has 3 atom stereocenters. The first-order valence-electron chi connectivity index (χ1n) is 7.62. The van der Waals surface area contributed by atoms with Crippen molar-refractivity contribution in [2.24, 2.45) is 16.8 Å². The summed E-state index contributed by atoms with van der Waals surface area (Å²) >= 11 is 0. The van der Waals surface area contributed by atoms with Gasteiger partial charge >= 0.3 is 0 Å². The Bertz CT molecular complexity index is 860. The number of nitrogens with zero attached hydrogens (tertiary/aromatic N) is 4. The lowest BCUT2D eigenvalue weighted by Gasteiger charge is -2.34. The molecule has 1 aromatic carbocycles. The van der Waals surface area contributed by atoms with Crippen LogP contribution in [0.1, 0.15) is 25.3 Å². The van der Waals surface area contributed by atoms with Crippen LogP contribution in [0.2, 0.25) is 0 Å². The van der Waals surface area contributed by atoms with E-state index in [0.29, 0.717) is 11.5 Å². The van der Waals surface area contributed by atoms with Crippen molar-refractivity contribution in [2.75, 3.05) is 7.11 Å². The first-order valence-corrected chi connectivity index (χ1v) is 7.62. The number of methoxy groups -OCH3 is 1. The first-order chi connectivity index (χ1) is 12.0. The molecular weight excluding hydrogens is 316 g/mol. The minimum atomic E-state index is -0.861. The number of allylic oxidation sites excluding steroid dienone is 2. The number of hydrogen-bond acceptors (Lipinski definition) is 6. The zero-order valence-electron chi connectivity index (χ0n) is 14.1. The minimum absolute atomic E-state index is 0.114. The third-order valence-electron chi connectivity index (χ3n) is 4.32. The van der Waals surface area contributed by atoms with Crippen molar-refractivity contribution in [1.29, 1.82) is 15.8 Å². The van der Waals surface area contributed by atoms with E-state index >= 15 is 0 Å². The van der Waals surface area contributed by atoms with Crippen molar-refractivity contribution < 1.29 is 9.53 Å². The van der Waals surface area contributed by atoms with Crippen LogP contribution in [-0.4, -0.2) is 18.6 Å². The summed E-state index contributed by atoms with van der Waals surface area (Å²) < 4.78 is 5.15. The van der Waals surface area contributed by atoms with Crippen LogP contribution in [0.3, 0.4) is 0 Å². The second-order valence-corrected chi connectivity index (χ2v) is 5.73. The molecule has 0 aromatic heterocycles. The summed E-state index contributed by atoms with van der Waals surface area (Å²) in [6, 6.07) is 12.8. The maximum Gasteiger partial charge on any atom is 0.152 e. The minimum Gasteiger partial charge on any atom is -0.497 e. The number of hydrogen-bond donors (Lipinski definition) is 0. The molecule has 0 amide bonds. The molecule has 1 aliphatic rings. The van der Waals surface area contributed by atoms with Crippen LogP contribution in [0, 0.1) is 45.8 Å². The number of nitriles is 3. The Balaban J connectivity index is 2.72. The molecule has 0 aliphatic carbocycles. The molecule has 6 heteroatoms. The van der Waals surface area contributed by atoms with E-state index in [1.165, 1.54) is 6.92 Å². The number of ketones is 1. The van der Waals surface area contributed by atoms with Gasteiger partial charge in [-0.3, -0.25) is 9.79 Å². The summed E-state index contributed by atoms with van der Waals surface area (Å²) in [5.41, 5.74) is 1.18. The van der Waals surface area contributed by atoms with E-state index in [2.05, 4.69) is 11.1 Å². The van der Waals surface area contributed by atoms with Gasteiger partial charge in [0, 0.05) is 11.6 Å². The molecule has 124 valence electrons. The summed E-state index contributed by atoms with van der Waals surface area (Å²) in [5, 5.41) is 28.1. The predicted octanol–water partition coefficient (Wildman–Crippen LogP) is 2.90. The molecular formula is C19H16N4O2. The Hall–Kier alpha value is -3.43. The van der Waals surface area contributed by atoms with Gasteiger partial charge < -0.3 is 4.74 Å². The van der Waals surface area contributed by atoms with E-state index in [9.17, 15) is 20.6 Å². The van der Waals surface area contributed by atoms with Crippen LogP contribution >= 0.6 is 0 Å². The quantitative estimate of drug-likeness (QED) is 0.790. The van der Waals surface area contributed by atoms with Crippen molar-refractivity contribution in [1.82, 2.24) is 0 Å². The van der Waals surface area contributed by atoms with E-state index in [-0.39, 0.29) is 17.1 Å². The first kappa shape index (κ1) is 17.9. The lowest BCUT2D eigenvalue weighted by Crippen LogP contribution is -2.36. The number of aliphatic imine (C=N–C) groups is 1. The van der Waals surface area contributed by atoms with Gasteiger partial charge in [0.2, 0.25) is 0 Å². The summed E-state index contributed by atoms with van der Waals surface area (Å²) in [6.45, 7) is 3.14. The van der Waals surface area contributed by atoms with E-state index in [0.717, 1.165) is 5.56 Å². The largest absolute Gasteiger partial charge is 0.497 e. The third-order valence-corrected chi connectivity index (χ3v) is 4.32. The van der Waals surface area contributed by atoms with Crippen LogP contribution in [-0.2, 0) is 4.79 Å². The van der Waals surface area contributed by atoms with Gasteiger partial charge in [0.15, 0.2) is 5.57 Å². The monoisotopic (exact) mass is 332 g/mol. The van der Waals surface area contributed by atoms with E-state index in [1.54, 1.807) is 50.4 Å². The van der Waals surface area contributed by atoms with Crippen LogP contribution in [0.5, 0.6) is 5.75 Å². The number of ether oxygens (including phenoxy) is 1. The molecule has 1 aromatic rings. The Kier molecular flexibility index (Phi) is 5.32. The molecule has 0 radical (unpaired) electrons. The van der Waals surface area contributed by atoms with Crippen molar-refractivity contribution in [3.05, 3.63) is 41.1 Å². The summed E-state index contributed by atoms with van der Waals surface area (Å²) in [4.78, 5) is 16.5. The molecule has 0 saturated carbocycles. The maximum atomic E-state index is 12.2. The van der Waals surface area contributed by atoms with Crippen molar-refractivity contribution >= 4 is 11.5 Å². The van der Waals surface area contributed by atoms with Crippen molar-refractivity contribution in [3.63, 3.8) is 0 Å². The van der Waals surface area contributed by atoms with Gasteiger partial charge in [0.1, 0.15) is 23.7 Å². The highest BCUT2D eigenvalue weighted by atomic mass is 16.5. The maximum absolute atomic E-state index is 12.2. The Morgan fingerprint density at radius 1 is 1.16 bits per heavy atom. The molecule has 1 heterocycles. The fourth-order valence-electron chi connectivity index (χ4n) is 3.20. The zero-order valence-corrected chi connectivity index (χ0v) is 14.1. The van der Waals surface area contributed by atoms with E-state index < -0.39 is 17.8 Å². The van der Waals surface area contributed by atoms with Gasteiger partial charge in [0.25, 0.3) is 0 Å². The Morgan fingerprint density at radius 2 is 1.76 bits per heavy atom. The summed E-state index contributed by atoms with van der Waals surface area (Å²) in [7, 11) is 1.55. The highest BCUT2D eigenvalue weighted by molar-refractivity contribution is 6.05. The van der Waals surface area contributed by atoms with E-state index in [4.69, 9.17) is 4.74 Å². The fraction of sp³-hybridized carbons (Fsp3) is 0.316. The average Bonchev–Trinajstić information content (AvgIpc) is 2.62. The molecule has 0 spiro atoms. The summed E-state index contributed by atoms with van der Waals surface area (Å²) in [5.74, 6) is -1.42. The molecule has 0 unspecified atom stereocenters. The number of carbonyl (C=O) groups excluding carboxylic acids is 1. The van der Waals surface area contributed by atoms with Crippen LogP contribution < -0.4 is 4.74 Å². The second kappa shape index (κ2) is 7.43. The Morgan fingerprint density at radius 3 is 2.20 bits per heavy atom. The van der Waals surface area contributed by atoms with Gasteiger partial charge in [-0.2, -0.15) is 15.8 Å². The number of Topliss-reactive ketones (excluding diaryl/α,β-unsaturated/α-hetero) is 1. The van der Waals surface area contributed by atoms with Crippen LogP contribution in [0.15, 0.2) is 40.5 Å². The molecule has 0 saturated heterocycles. The van der Waals surface area contributed by atoms with Gasteiger partial charge in [-0.1, -0.05) is 12.1 Å². The number of benzene rings is 1. The molecule has 0 N–H and O–H groups in total. The van der Waals surface area contributed by atoms with E-state index in [1.807, 2.05) is 0 Å². The third kappa shape index (κ3) is 3.27. The SMILES string of the molecule is COc1ccc([C@H]2[C@H](C(C)=O)C(C)=NC(=C(C#N)C#N)[C@H]2C#N)cc1. The predicted molar refractivity (Wildman–Crippen MR) is 90.4 cm³/mol. The smallest absolute Gasteiger partial charge is 0.152 e. The highest BCUT2D eigenvalue weighted by Crippen LogP contribution is 2.43. The number of rotatable bonds is 3. The molecule has 1 aliphatic heterocycles. The molecule has 25 heavy (non-hydrogen) atoms. The second-order valence-electron chi connectivity index (χ2n) is 5.73.